The number of rotatable bonds is 7. The van der Waals surface area contributed by atoms with Gasteiger partial charge in [0.05, 0.1) is 6.10 Å². The number of ether oxygens (including phenoxy) is 1. The van der Waals surface area contributed by atoms with Gasteiger partial charge in [0.2, 0.25) is 0 Å². The SMILES string of the molecule is CCC(C)Oc1ccccc1C(C)NCC1CC1. The third-order valence-electron chi connectivity index (χ3n) is 3.70. The van der Waals surface area contributed by atoms with Crippen molar-refractivity contribution in [3.63, 3.8) is 0 Å². The van der Waals surface area contributed by atoms with Crippen molar-refractivity contribution in [1.29, 1.82) is 0 Å². The van der Waals surface area contributed by atoms with Crippen molar-refractivity contribution in [1.82, 2.24) is 5.32 Å². The van der Waals surface area contributed by atoms with Crippen LogP contribution < -0.4 is 10.1 Å². The lowest BCUT2D eigenvalue weighted by molar-refractivity contribution is 0.213. The van der Waals surface area contributed by atoms with Gasteiger partial charge in [-0.3, -0.25) is 0 Å². The van der Waals surface area contributed by atoms with Crippen LogP contribution in [0.15, 0.2) is 24.3 Å². The van der Waals surface area contributed by atoms with Crippen LogP contribution >= 0.6 is 0 Å². The summed E-state index contributed by atoms with van der Waals surface area (Å²) in [5.74, 6) is 1.94. The Bertz CT molecular complexity index is 373. The Labute approximate surface area is 111 Å². The first kappa shape index (κ1) is 13.4. The highest BCUT2D eigenvalue weighted by Crippen LogP contribution is 2.30. The Kier molecular flexibility index (Phi) is 4.65. The van der Waals surface area contributed by atoms with Gasteiger partial charge in [0.25, 0.3) is 0 Å². The molecule has 2 unspecified atom stereocenters. The summed E-state index contributed by atoms with van der Waals surface area (Å²) in [7, 11) is 0. The molecule has 0 saturated heterocycles. The summed E-state index contributed by atoms with van der Waals surface area (Å²) in [5.41, 5.74) is 1.28. The number of hydrogen-bond donors (Lipinski definition) is 1. The van der Waals surface area contributed by atoms with Crippen LogP contribution in [0.25, 0.3) is 0 Å². The molecule has 18 heavy (non-hydrogen) atoms. The third-order valence-corrected chi connectivity index (χ3v) is 3.70. The molecule has 1 aromatic carbocycles. The van der Waals surface area contributed by atoms with E-state index < -0.39 is 0 Å². The van der Waals surface area contributed by atoms with Gasteiger partial charge in [-0.2, -0.15) is 0 Å². The van der Waals surface area contributed by atoms with Gasteiger partial charge in [-0.1, -0.05) is 25.1 Å². The molecule has 1 N–H and O–H groups in total. The first-order chi connectivity index (χ1) is 8.70. The standard InChI is InChI=1S/C16H25NO/c1-4-12(2)18-16-8-6-5-7-15(16)13(3)17-11-14-9-10-14/h5-8,12-14,17H,4,9-11H2,1-3H3. The van der Waals surface area contributed by atoms with E-state index in [1.54, 1.807) is 0 Å². The minimum atomic E-state index is 0.279. The second kappa shape index (κ2) is 6.24. The van der Waals surface area contributed by atoms with Crippen molar-refractivity contribution in [3.8, 4) is 5.75 Å². The van der Waals surface area contributed by atoms with Crippen LogP contribution in [0.3, 0.4) is 0 Å². The summed E-state index contributed by atoms with van der Waals surface area (Å²) in [6, 6.07) is 8.76. The maximum atomic E-state index is 6.00. The third kappa shape index (κ3) is 3.74. The molecule has 0 aliphatic heterocycles. The molecule has 2 rings (SSSR count). The molecule has 2 heteroatoms. The lowest BCUT2D eigenvalue weighted by atomic mass is 10.1. The van der Waals surface area contributed by atoms with Crippen molar-refractivity contribution in [2.45, 2.75) is 52.2 Å². The predicted molar refractivity (Wildman–Crippen MR) is 76.0 cm³/mol. The van der Waals surface area contributed by atoms with Crippen molar-refractivity contribution in [3.05, 3.63) is 29.8 Å². The molecule has 0 amide bonds. The van der Waals surface area contributed by atoms with Crippen molar-refractivity contribution in [2.75, 3.05) is 6.54 Å². The van der Waals surface area contributed by atoms with Crippen molar-refractivity contribution >= 4 is 0 Å². The molecule has 2 atom stereocenters. The Morgan fingerprint density at radius 3 is 2.67 bits per heavy atom. The average Bonchev–Trinajstić information content (AvgIpc) is 3.20. The van der Waals surface area contributed by atoms with Crippen LogP contribution in [0.5, 0.6) is 5.75 Å². The highest BCUT2D eigenvalue weighted by atomic mass is 16.5. The molecule has 0 spiro atoms. The van der Waals surface area contributed by atoms with E-state index in [-0.39, 0.29) is 6.10 Å². The maximum Gasteiger partial charge on any atom is 0.124 e. The Hall–Kier alpha value is -1.02. The van der Waals surface area contributed by atoms with Crippen LogP contribution in [0.4, 0.5) is 0 Å². The van der Waals surface area contributed by atoms with Crippen LogP contribution in [0, 0.1) is 5.92 Å². The van der Waals surface area contributed by atoms with E-state index in [1.165, 1.54) is 18.4 Å². The minimum Gasteiger partial charge on any atom is -0.490 e. The lowest BCUT2D eigenvalue weighted by Gasteiger charge is -2.20. The molecule has 1 aromatic rings. The van der Waals surface area contributed by atoms with Crippen molar-refractivity contribution < 1.29 is 4.74 Å². The van der Waals surface area contributed by atoms with E-state index in [4.69, 9.17) is 4.74 Å². The van der Waals surface area contributed by atoms with Gasteiger partial charge < -0.3 is 10.1 Å². The number of benzene rings is 1. The number of hydrogen-bond acceptors (Lipinski definition) is 2. The van der Waals surface area contributed by atoms with Gasteiger partial charge in [0, 0.05) is 11.6 Å². The molecular weight excluding hydrogens is 222 g/mol. The molecule has 1 saturated carbocycles. The summed E-state index contributed by atoms with van der Waals surface area (Å²) >= 11 is 0. The normalized spacial score (nSPS) is 18.4. The molecule has 1 aliphatic carbocycles. The summed E-state index contributed by atoms with van der Waals surface area (Å²) in [4.78, 5) is 0. The zero-order valence-electron chi connectivity index (χ0n) is 11.8. The van der Waals surface area contributed by atoms with E-state index in [0.717, 1.165) is 24.6 Å². The monoisotopic (exact) mass is 247 g/mol. The van der Waals surface area contributed by atoms with Crippen LogP contribution in [-0.4, -0.2) is 12.6 Å². The molecule has 0 aromatic heterocycles. The Morgan fingerprint density at radius 1 is 1.28 bits per heavy atom. The largest absolute Gasteiger partial charge is 0.490 e. The van der Waals surface area contributed by atoms with E-state index >= 15 is 0 Å². The number of para-hydroxylation sites is 1. The predicted octanol–water partition coefficient (Wildman–Crippen LogP) is 3.92. The summed E-state index contributed by atoms with van der Waals surface area (Å²) in [5, 5.41) is 3.61. The summed E-state index contributed by atoms with van der Waals surface area (Å²) < 4.78 is 6.00. The highest BCUT2D eigenvalue weighted by Gasteiger charge is 2.22. The molecule has 1 fully saturated rings. The highest BCUT2D eigenvalue weighted by molar-refractivity contribution is 5.35. The van der Waals surface area contributed by atoms with Gasteiger partial charge in [-0.15, -0.1) is 0 Å². The molecular formula is C16H25NO. The second-order valence-electron chi connectivity index (χ2n) is 5.45. The van der Waals surface area contributed by atoms with Gasteiger partial charge >= 0.3 is 0 Å². The second-order valence-corrected chi connectivity index (χ2v) is 5.45. The van der Waals surface area contributed by atoms with E-state index in [1.807, 2.05) is 0 Å². The fourth-order valence-electron chi connectivity index (χ4n) is 2.02. The van der Waals surface area contributed by atoms with E-state index in [9.17, 15) is 0 Å². The van der Waals surface area contributed by atoms with Crippen molar-refractivity contribution in [2.24, 2.45) is 5.92 Å². The van der Waals surface area contributed by atoms with Crippen LogP contribution in [0.2, 0.25) is 0 Å². The minimum absolute atomic E-state index is 0.279. The molecule has 1 aliphatic rings. The van der Waals surface area contributed by atoms with Gasteiger partial charge in [0.1, 0.15) is 5.75 Å². The first-order valence-electron chi connectivity index (χ1n) is 7.19. The van der Waals surface area contributed by atoms with Gasteiger partial charge in [-0.05, 0) is 51.6 Å². The zero-order chi connectivity index (χ0) is 13.0. The van der Waals surface area contributed by atoms with Gasteiger partial charge in [-0.25, -0.2) is 0 Å². The molecule has 100 valence electrons. The van der Waals surface area contributed by atoms with E-state index in [0.29, 0.717) is 6.04 Å². The summed E-state index contributed by atoms with van der Waals surface area (Å²) in [6.45, 7) is 7.64. The summed E-state index contributed by atoms with van der Waals surface area (Å²) in [6.07, 6.45) is 4.11. The molecule has 2 nitrogen and oxygen atoms in total. The first-order valence-corrected chi connectivity index (χ1v) is 7.19. The molecule has 0 heterocycles. The van der Waals surface area contributed by atoms with Crippen LogP contribution in [-0.2, 0) is 0 Å². The zero-order valence-corrected chi connectivity index (χ0v) is 11.8. The quantitative estimate of drug-likeness (QED) is 0.788. The average molecular weight is 247 g/mol. The smallest absolute Gasteiger partial charge is 0.124 e. The number of nitrogens with one attached hydrogen (secondary N) is 1. The molecule has 0 bridgehead atoms. The molecule has 0 radical (unpaired) electrons. The van der Waals surface area contributed by atoms with Gasteiger partial charge in [0.15, 0.2) is 0 Å². The fraction of sp³-hybridized carbons (Fsp3) is 0.625. The fourth-order valence-corrected chi connectivity index (χ4v) is 2.02. The van der Waals surface area contributed by atoms with E-state index in [2.05, 4.69) is 50.4 Å². The maximum absolute atomic E-state index is 6.00. The topological polar surface area (TPSA) is 21.3 Å². The lowest BCUT2D eigenvalue weighted by Crippen LogP contribution is -2.22. The Balaban J connectivity index is 2.00. The Morgan fingerprint density at radius 2 is 2.00 bits per heavy atom. The van der Waals surface area contributed by atoms with Crippen LogP contribution in [0.1, 0.15) is 51.6 Å².